The molecule has 1 saturated heterocycles. The predicted octanol–water partition coefficient (Wildman–Crippen LogP) is 2.36. The molecule has 0 aromatic heterocycles. The molecule has 0 bridgehead atoms. The number of nitroso groups, excluding NO2 is 1. The summed E-state index contributed by atoms with van der Waals surface area (Å²) in [4.78, 5) is 24.6. The molecule has 3 N–H and O–H groups in total. The molecule has 1 amide bonds. The highest BCUT2D eigenvalue weighted by atomic mass is 16.6. The van der Waals surface area contributed by atoms with Gasteiger partial charge in [0.25, 0.3) is 0 Å². The Hall–Kier alpha value is -1.99. The van der Waals surface area contributed by atoms with Gasteiger partial charge in [-0.2, -0.15) is 0 Å². The van der Waals surface area contributed by atoms with Gasteiger partial charge in [0.05, 0.1) is 0 Å². The third-order valence-corrected chi connectivity index (χ3v) is 3.85. The van der Waals surface area contributed by atoms with Crippen molar-refractivity contribution in [3.8, 4) is 0 Å². The zero-order chi connectivity index (χ0) is 15.8. The molecule has 0 saturated carbocycles. The lowest BCUT2D eigenvalue weighted by molar-refractivity contribution is 0.0734. The first-order chi connectivity index (χ1) is 10.7. The highest BCUT2D eigenvalue weighted by molar-refractivity contribution is 5.68. The molecule has 1 aromatic rings. The number of ether oxygens (including phenoxy) is 1. The third kappa shape index (κ3) is 5.61. The average molecular weight is 323 g/mol. The fourth-order valence-electron chi connectivity index (χ4n) is 2.66. The van der Waals surface area contributed by atoms with Gasteiger partial charge in [-0.15, -0.1) is 4.91 Å². The van der Waals surface area contributed by atoms with Crippen molar-refractivity contribution < 1.29 is 15.0 Å². The fraction of sp³-hybridized carbons (Fsp3) is 0.562. The van der Waals surface area contributed by atoms with Crippen LogP contribution in [-0.2, 0) is 11.3 Å². The number of hydrogen-bond acceptors (Lipinski definition) is 5. The van der Waals surface area contributed by atoms with Crippen molar-refractivity contribution in [2.45, 2.75) is 38.8 Å². The van der Waals surface area contributed by atoms with Crippen molar-refractivity contribution in [1.29, 1.82) is 0 Å². The van der Waals surface area contributed by atoms with Gasteiger partial charge in [0.1, 0.15) is 12.3 Å². The van der Waals surface area contributed by atoms with Gasteiger partial charge < -0.3 is 20.4 Å². The maximum Gasteiger partial charge on any atom is 0.410 e. The molecule has 1 heterocycles. The van der Waals surface area contributed by atoms with Crippen LogP contribution in [-0.4, -0.2) is 42.1 Å². The zero-order valence-corrected chi connectivity index (χ0v) is 13.5. The number of rotatable bonds is 6. The van der Waals surface area contributed by atoms with E-state index in [4.69, 9.17) is 4.74 Å². The lowest BCUT2D eigenvalue weighted by atomic mass is 10.1. The summed E-state index contributed by atoms with van der Waals surface area (Å²) in [5.74, 6) is 0. The molecular formula is C16H25N3O4. The first-order valence-electron chi connectivity index (χ1n) is 7.81. The Morgan fingerprint density at radius 2 is 1.96 bits per heavy atom. The third-order valence-electron chi connectivity index (χ3n) is 3.85. The minimum atomic E-state index is -0.258. The Balaban J connectivity index is 0.00000264. The van der Waals surface area contributed by atoms with Crippen LogP contribution in [0.15, 0.2) is 29.4 Å². The summed E-state index contributed by atoms with van der Waals surface area (Å²) in [6.45, 7) is 4.88. The topological polar surface area (TPSA) is 102 Å². The van der Waals surface area contributed by atoms with E-state index in [0.717, 1.165) is 44.5 Å². The van der Waals surface area contributed by atoms with E-state index >= 15 is 0 Å². The summed E-state index contributed by atoms with van der Waals surface area (Å²) < 4.78 is 5.43. The largest absolute Gasteiger partial charge is 0.445 e. The molecule has 7 heteroatoms. The summed E-state index contributed by atoms with van der Waals surface area (Å²) in [5, 5.41) is 6.15. The van der Waals surface area contributed by atoms with E-state index in [2.05, 4.69) is 17.4 Å². The Morgan fingerprint density at radius 1 is 1.30 bits per heavy atom. The van der Waals surface area contributed by atoms with Crippen LogP contribution in [0.3, 0.4) is 0 Å². The van der Waals surface area contributed by atoms with E-state index in [1.807, 2.05) is 4.90 Å². The second-order valence-electron chi connectivity index (χ2n) is 5.49. The predicted molar refractivity (Wildman–Crippen MR) is 88.6 cm³/mol. The molecule has 2 rings (SSSR count). The van der Waals surface area contributed by atoms with Gasteiger partial charge in [0.2, 0.25) is 0 Å². The van der Waals surface area contributed by atoms with Crippen LogP contribution in [0.2, 0.25) is 0 Å². The SMILES string of the molecule is CCCN(C(=O)OCc1ccc(N=O)cc1)C1CCNCC1.O. The highest BCUT2D eigenvalue weighted by Gasteiger charge is 2.25. The highest BCUT2D eigenvalue weighted by Crippen LogP contribution is 2.16. The minimum absolute atomic E-state index is 0. The standard InChI is InChI=1S/C16H23N3O3.H2O/c1-2-11-19(15-7-9-17-10-8-15)16(20)22-12-13-3-5-14(18-21)6-4-13;/h3-6,15,17H,2,7-12H2,1H3;1H2. The second-order valence-corrected chi connectivity index (χ2v) is 5.49. The fourth-order valence-corrected chi connectivity index (χ4v) is 2.66. The van der Waals surface area contributed by atoms with Gasteiger partial charge in [0, 0.05) is 12.6 Å². The summed E-state index contributed by atoms with van der Waals surface area (Å²) >= 11 is 0. The minimum Gasteiger partial charge on any atom is -0.445 e. The Kier molecular flexibility index (Phi) is 8.21. The van der Waals surface area contributed by atoms with Crippen LogP contribution < -0.4 is 5.32 Å². The molecule has 1 aliphatic rings. The van der Waals surface area contributed by atoms with Crippen LogP contribution in [0.1, 0.15) is 31.7 Å². The number of nitrogens with one attached hydrogen (secondary N) is 1. The van der Waals surface area contributed by atoms with Gasteiger partial charge >= 0.3 is 6.09 Å². The van der Waals surface area contributed by atoms with Crippen molar-refractivity contribution in [3.63, 3.8) is 0 Å². The summed E-state index contributed by atoms with van der Waals surface area (Å²) in [5.41, 5.74) is 1.22. The molecule has 1 fully saturated rings. The van der Waals surface area contributed by atoms with Crippen molar-refractivity contribution in [3.05, 3.63) is 34.7 Å². The molecule has 7 nitrogen and oxygen atoms in total. The van der Waals surface area contributed by atoms with E-state index in [0.29, 0.717) is 5.69 Å². The lowest BCUT2D eigenvalue weighted by Crippen LogP contribution is -2.46. The molecular weight excluding hydrogens is 298 g/mol. The molecule has 0 radical (unpaired) electrons. The smallest absolute Gasteiger partial charge is 0.410 e. The number of piperidine rings is 1. The molecule has 23 heavy (non-hydrogen) atoms. The molecule has 0 spiro atoms. The molecule has 0 atom stereocenters. The van der Waals surface area contributed by atoms with Crippen molar-refractivity contribution in [1.82, 2.24) is 10.2 Å². The van der Waals surface area contributed by atoms with Gasteiger partial charge in [-0.1, -0.05) is 19.1 Å². The first-order valence-corrected chi connectivity index (χ1v) is 7.81. The van der Waals surface area contributed by atoms with E-state index in [1.165, 1.54) is 0 Å². The van der Waals surface area contributed by atoms with Crippen LogP contribution in [0.4, 0.5) is 10.5 Å². The van der Waals surface area contributed by atoms with Crippen LogP contribution in [0.25, 0.3) is 0 Å². The van der Waals surface area contributed by atoms with Crippen LogP contribution >= 0.6 is 0 Å². The normalized spacial score (nSPS) is 14.7. The van der Waals surface area contributed by atoms with Crippen LogP contribution in [0, 0.1) is 4.91 Å². The zero-order valence-electron chi connectivity index (χ0n) is 13.5. The number of benzene rings is 1. The maximum atomic E-state index is 12.3. The second kappa shape index (κ2) is 9.91. The molecule has 1 aromatic carbocycles. The van der Waals surface area contributed by atoms with E-state index in [-0.39, 0.29) is 24.2 Å². The number of nitrogens with zero attached hydrogens (tertiary/aromatic N) is 2. The summed E-state index contributed by atoms with van der Waals surface area (Å²) in [6, 6.07) is 6.99. The van der Waals surface area contributed by atoms with E-state index in [1.54, 1.807) is 24.3 Å². The van der Waals surface area contributed by atoms with Crippen LogP contribution in [0.5, 0.6) is 0 Å². The quantitative estimate of drug-likeness (QED) is 0.812. The molecule has 128 valence electrons. The van der Waals surface area contributed by atoms with Crippen molar-refractivity contribution in [2.24, 2.45) is 5.18 Å². The van der Waals surface area contributed by atoms with Gasteiger partial charge in [-0.25, -0.2) is 4.79 Å². The number of carbonyl (C=O) groups is 1. The average Bonchev–Trinajstić information content (AvgIpc) is 2.58. The van der Waals surface area contributed by atoms with Crippen molar-refractivity contribution in [2.75, 3.05) is 19.6 Å². The van der Waals surface area contributed by atoms with Gasteiger partial charge in [-0.3, -0.25) is 0 Å². The molecule has 0 aliphatic carbocycles. The number of hydrogen-bond donors (Lipinski definition) is 1. The van der Waals surface area contributed by atoms with E-state index < -0.39 is 0 Å². The van der Waals surface area contributed by atoms with Gasteiger partial charge in [0.15, 0.2) is 0 Å². The lowest BCUT2D eigenvalue weighted by Gasteiger charge is -2.33. The molecule has 1 aliphatic heterocycles. The van der Waals surface area contributed by atoms with Gasteiger partial charge in [-0.05, 0) is 55.2 Å². The van der Waals surface area contributed by atoms with E-state index in [9.17, 15) is 9.70 Å². The number of amides is 1. The molecule has 0 unspecified atom stereocenters. The first kappa shape index (κ1) is 19.1. The maximum absolute atomic E-state index is 12.3. The Bertz CT molecular complexity index is 487. The summed E-state index contributed by atoms with van der Waals surface area (Å²) in [6.07, 6.45) is 2.59. The van der Waals surface area contributed by atoms with Crippen molar-refractivity contribution >= 4 is 11.8 Å². The monoisotopic (exact) mass is 323 g/mol. The number of carbonyl (C=O) groups excluding carboxylic acids is 1. The Labute approximate surface area is 136 Å². The Morgan fingerprint density at radius 3 is 2.52 bits per heavy atom. The summed E-state index contributed by atoms with van der Waals surface area (Å²) in [7, 11) is 0.